The molecule has 63 heavy (non-hydrogen) atoms. The molecule has 0 aliphatic heterocycles. The largest absolute Gasteiger partial charge is 0.456 e. The van der Waals surface area contributed by atoms with Gasteiger partial charge in [-0.15, -0.1) is 0 Å². The summed E-state index contributed by atoms with van der Waals surface area (Å²) in [4.78, 5) is 2.42. The molecule has 0 saturated heterocycles. The molecule has 2 heterocycles. The molecule has 294 valence electrons. The van der Waals surface area contributed by atoms with Crippen molar-refractivity contribution < 1.29 is 4.42 Å². The fourth-order valence-corrected chi connectivity index (χ4v) is 10.1. The number of furan rings is 1. The summed E-state index contributed by atoms with van der Waals surface area (Å²) in [6, 6.07) is 83.6. The van der Waals surface area contributed by atoms with Crippen molar-refractivity contribution in [2.24, 2.45) is 0 Å². The molecule has 0 atom stereocenters. The summed E-state index contributed by atoms with van der Waals surface area (Å²) in [5, 5.41) is 12.0. The maximum atomic E-state index is 6.43. The Labute approximate surface area is 363 Å². The predicted octanol–water partition coefficient (Wildman–Crippen LogP) is 16.9. The van der Waals surface area contributed by atoms with E-state index in [0.29, 0.717) is 0 Å². The Morgan fingerprint density at radius 3 is 1.59 bits per heavy atom. The first-order valence-corrected chi connectivity index (χ1v) is 21.6. The van der Waals surface area contributed by atoms with Gasteiger partial charge in [-0.1, -0.05) is 170 Å². The number of fused-ring (bicyclic) bond motifs is 10. The quantitative estimate of drug-likeness (QED) is 0.167. The zero-order chi connectivity index (χ0) is 41.4. The first-order valence-electron chi connectivity index (χ1n) is 21.6. The number of benzene rings is 11. The third-order valence-electron chi connectivity index (χ3n) is 13.0. The molecule has 0 spiro atoms. The summed E-state index contributed by atoms with van der Waals surface area (Å²) in [5.41, 5.74) is 13.3. The van der Waals surface area contributed by atoms with Crippen molar-refractivity contribution in [3.63, 3.8) is 0 Å². The van der Waals surface area contributed by atoms with Crippen molar-refractivity contribution in [3.8, 4) is 27.9 Å². The molecule has 0 bridgehead atoms. The van der Waals surface area contributed by atoms with Crippen LogP contribution in [-0.4, -0.2) is 4.57 Å². The van der Waals surface area contributed by atoms with E-state index in [1.165, 1.54) is 65.3 Å². The van der Waals surface area contributed by atoms with Crippen molar-refractivity contribution in [1.82, 2.24) is 4.57 Å². The molecule has 2 aromatic heterocycles. The highest BCUT2D eigenvalue weighted by Crippen LogP contribution is 2.44. The standard InChI is InChI=1S/C60H38N2O/c1-4-20-48-39(13-1)16-11-25-54(48)61(55-26-12-17-40-14-2-5-21-49(40)55)44-31-27-42(28-32-44)46-18-7-8-19-47(46)43-29-34-52-51-23-9-10-24-56(51)62(57(52)37-43)45-33-36-58-53(38-45)60-50-22-6-3-15-41(50)30-35-59(60)63-58/h1-38H. The molecule has 0 aliphatic carbocycles. The highest BCUT2D eigenvalue weighted by atomic mass is 16.3. The van der Waals surface area contributed by atoms with E-state index >= 15 is 0 Å². The van der Waals surface area contributed by atoms with Gasteiger partial charge >= 0.3 is 0 Å². The Morgan fingerprint density at radius 2 is 0.873 bits per heavy atom. The lowest BCUT2D eigenvalue weighted by atomic mass is 9.93. The maximum Gasteiger partial charge on any atom is 0.136 e. The van der Waals surface area contributed by atoms with Gasteiger partial charge in [-0.25, -0.2) is 0 Å². The number of rotatable bonds is 6. The minimum Gasteiger partial charge on any atom is -0.456 e. The highest BCUT2D eigenvalue weighted by Gasteiger charge is 2.20. The van der Waals surface area contributed by atoms with Gasteiger partial charge in [-0.3, -0.25) is 0 Å². The number of hydrogen-bond donors (Lipinski definition) is 0. The molecule has 0 N–H and O–H groups in total. The highest BCUT2D eigenvalue weighted by molar-refractivity contribution is 6.19. The number of hydrogen-bond acceptors (Lipinski definition) is 2. The normalized spacial score (nSPS) is 11.8. The van der Waals surface area contributed by atoms with Crippen LogP contribution in [0.15, 0.2) is 235 Å². The van der Waals surface area contributed by atoms with E-state index in [1.807, 2.05) is 0 Å². The van der Waals surface area contributed by atoms with Crippen LogP contribution in [-0.2, 0) is 0 Å². The van der Waals surface area contributed by atoms with E-state index in [0.717, 1.165) is 55.8 Å². The molecule has 0 saturated carbocycles. The summed E-state index contributed by atoms with van der Waals surface area (Å²) in [5.74, 6) is 0. The second kappa shape index (κ2) is 14.1. The zero-order valence-corrected chi connectivity index (χ0v) is 34.2. The molecule has 0 unspecified atom stereocenters. The summed E-state index contributed by atoms with van der Waals surface area (Å²) in [7, 11) is 0. The van der Waals surface area contributed by atoms with E-state index in [-0.39, 0.29) is 0 Å². The van der Waals surface area contributed by atoms with E-state index in [2.05, 4.69) is 240 Å². The van der Waals surface area contributed by atoms with Crippen LogP contribution in [0, 0.1) is 0 Å². The van der Waals surface area contributed by atoms with Crippen LogP contribution in [0.25, 0.3) is 104 Å². The van der Waals surface area contributed by atoms with E-state index in [1.54, 1.807) is 0 Å². The van der Waals surface area contributed by atoms with Crippen molar-refractivity contribution in [3.05, 3.63) is 231 Å². The SMILES string of the molecule is c1ccc(-c2ccc3c4ccccc4n(-c4ccc5oc6ccc7ccccc7c6c5c4)c3c2)c(-c2ccc(N(c3cccc4ccccc34)c3cccc4ccccc34)cc2)c1. The molecular weight excluding hydrogens is 765 g/mol. The summed E-state index contributed by atoms with van der Waals surface area (Å²) in [6.07, 6.45) is 0. The van der Waals surface area contributed by atoms with Crippen LogP contribution in [0.5, 0.6) is 0 Å². The first-order chi connectivity index (χ1) is 31.2. The topological polar surface area (TPSA) is 21.3 Å². The van der Waals surface area contributed by atoms with Gasteiger partial charge in [0, 0.05) is 43.7 Å². The van der Waals surface area contributed by atoms with Crippen molar-refractivity contribution in [2.75, 3.05) is 4.90 Å². The molecule has 11 aromatic carbocycles. The lowest BCUT2D eigenvalue weighted by Gasteiger charge is -2.28. The van der Waals surface area contributed by atoms with Crippen LogP contribution in [0.2, 0.25) is 0 Å². The van der Waals surface area contributed by atoms with Gasteiger partial charge in [-0.2, -0.15) is 0 Å². The van der Waals surface area contributed by atoms with Gasteiger partial charge in [0.05, 0.1) is 22.4 Å². The molecule has 0 amide bonds. The zero-order valence-electron chi connectivity index (χ0n) is 34.2. The Morgan fingerprint density at radius 1 is 0.333 bits per heavy atom. The van der Waals surface area contributed by atoms with Crippen molar-refractivity contribution in [1.29, 1.82) is 0 Å². The lowest BCUT2D eigenvalue weighted by Crippen LogP contribution is -2.11. The average Bonchev–Trinajstić information content (AvgIpc) is 3.90. The van der Waals surface area contributed by atoms with Gasteiger partial charge in [0.15, 0.2) is 0 Å². The Bertz CT molecular complexity index is 3840. The fourth-order valence-electron chi connectivity index (χ4n) is 10.1. The Kier molecular flexibility index (Phi) is 7.91. The monoisotopic (exact) mass is 802 g/mol. The molecule has 3 nitrogen and oxygen atoms in total. The smallest absolute Gasteiger partial charge is 0.136 e. The van der Waals surface area contributed by atoms with E-state index in [4.69, 9.17) is 4.42 Å². The molecule has 0 radical (unpaired) electrons. The van der Waals surface area contributed by atoms with Crippen molar-refractivity contribution >= 4 is 93.1 Å². The van der Waals surface area contributed by atoms with Crippen LogP contribution in [0.1, 0.15) is 0 Å². The number of aromatic nitrogens is 1. The molecule has 0 aliphatic rings. The minimum absolute atomic E-state index is 0.892. The molecule has 13 aromatic rings. The van der Waals surface area contributed by atoms with Crippen LogP contribution in [0.4, 0.5) is 17.1 Å². The second-order valence-corrected chi connectivity index (χ2v) is 16.5. The lowest BCUT2D eigenvalue weighted by molar-refractivity contribution is 0.669. The van der Waals surface area contributed by atoms with Crippen LogP contribution < -0.4 is 4.90 Å². The first kappa shape index (κ1) is 35.4. The van der Waals surface area contributed by atoms with Crippen LogP contribution in [0.3, 0.4) is 0 Å². The molecule has 3 heteroatoms. The van der Waals surface area contributed by atoms with Crippen molar-refractivity contribution in [2.45, 2.75) is 0 Å². The Balaban J connectivity index is 0.951. The van der Waals surface area contributed by atoms with Gasteiger partial charge in [-0.05, 0) is 104 Å². The van der Waals surface area contributed by atoms with E-state index in [9.17, 15) is 0 Å². The fraction of sp³-hybridized carbons (Fsp3) is 0. The maximum absolute atomic E-state index is 6.43. The third kappa shape index (κ3) is 5.60. The van der Waals surface area contributed by atoms with Crippen LogP contribution >= 0.6 is 0 Å². The van der Waals surface area contributed by atoms with Gasteiger partial charge in [0.2, 0.25) is 0 Å². The summed E-state index contributed by atoms with van der Waals surface area (Å²) < 4.78 is 8.85. The molecule has 0 fully saturated rings. The van der Waals surface area contributed by atoms with Gasteiger partial charge in [0.25, 0.3) is 0 Å². The third-order valence-corrected chi connectivity index (χ3v) is 13.0. The molecule has 13 rings (SSSR count). The summed E-state index contributed by atoms with van der Waals surface area (Å²) >= 11 is 0. The number of nitrogens with zero attached hydrogens (tertiary/aromatic N) is 2. The Hall–Kier alpha value is -8.40. The predicted molar refractivity (Wildman–Crippen MR) is 266 cm³/mol. The number of anilines is 3. The van der Waals surface area contributed by atoms with Gasteiger partial charge < -0.3 is 13.9 Å². The number of para-hydroxylation sites is 1. The van der Waals surface area contributed by atoms with Gasteiger partial charge in [0.1, 0.15) is 11.2 Å². The summed E-state index contributed by atoms with van der Waals surface area (Å²) in [6.45, 7) is 0. The second-order valence-electron chi connectivity index (χ2n) is 16.5. The minimum atomic E-state index is 0.892. The average molecular weight is 803 g/mol. The van der Waals surface area contributed by atoms with E-state index < -0.39 is 0 Å². The molecular formula is C60H38N2O.